The van der Waals surface area contributed by atoms with Gasteiger partial charge in [0.1, 0.15) is 5.82 Å². The van der Waals surface area contributed by atoms with E-state index in [4.69, 9.17) is 21.1 Å². The molecule has 1 heterocycles. The molecular weight excluding hydrogens is 274 g/mol. The lowest BCUT2D eigenvalue weighted by molar-refractivity contribution is -0.0441. The van der Waals surface area contributed by atoms with Crippen molar-refractivity contribution in [3.05, 3.63) is 33.0 Å². The molecule has 0 radical (unpaired) electrons. The van der Waals surface area contributed by atoms with E-state index < -0.39 is 12.1 Å². The van der Waals surface area contributed by atoms with E-state index >= 15 is 0 Å². The van der Waals surface area contributed by atoms with Crippen molar-refractivity contribution in [2.45, 2.75) is 6.29 Å². The summed E-state index contributed by atoms with van der Waals surface area (Å²) in [4.78, 5) is 0. The van der Waals surface area contributed by atoms with E-state index in [2.05, 4.69) is 15.9 Å². The van der Waals surface area contributed by atoms with Gasteiger partial charge >= 0.3 is 0 Å². The predicted octanol–water partition coefficient (Wildman–Crippen LogP) is 3.29. The number of rotatable bonds is 1. The lowest BCUT2D eigenvalue weighted by Crippen LogP contribution is -2.00. The van der Waals surface area contributed by atoms with Crippen LogP contribution >= 0.6 is 27.5 Å². The number of hydrogen-bond acceptors (Lipinski definition) is 2. The van der Waals surface area contributed by atoms with Crippen LogP contribution in [0.1, 0.15) is 11.9 Å². The maximum atomic E-state index is 13.0. The zero-order valence-corrected chi connectivity index (χ0v) is 9.44. The Labute approximate surface area is 94.1 Å². The van der Waals surface area contributed by atoms with Crippen LogP contribution in [0.3, 0.4) is 0 Å². The molecule has 0 unspecified atom stereocenters. The predicted molar refractivity (Wildman–Crippen MR) is 53.8 cm³/mol. The van der Waals surface area contributed by atoms with Gasteiger partial charge in [-0.05, 0) is 28.1 Å². The Morgan fingerprint density at radius 2 is 2.00 bits per heavy atom. The molecule has 0 atom stereocenters. The van der Waals surface area contributed by atoms with Crippen molar-refractivity contribution < 1.29 is 13.9 Å². The van der Waals surface area contributed by atoms with E-state index in [1.165, 1.54) is 6.07 Å². The molecule has 76 valence electrons. The van der Waals surface area contributed by atoms with E-state index in [1.54, 1.807) is 6.07 Å². The summed E-state index contributed by atoms with van der Waals surface area (Å²) in [5, 5.41) is 0.303. The molecule has 1 saturated heterocycles. The molecular formula is C9H7BrClFO2. The maximum Gasteiger partial charge on any atom is 0.185 e. The van der Waals surface area contributed by atoms with Gasteiger partial charge in [0.25, 0.3) is 0 Å². The van der Waals surface area contributed by atoms with Crippen LogP contribution in [0.4, 0.5) is 4.39 Å². The van der Waals surface area contributed by atoms with Crippen molar-refractivity contribution in [3.63, 3.8) is 0 Å². The smallest absolute Gasteiger partial charge is 0.185 e. The fraction of sp³-hybridized carbons (Fsp3) is 0.333. The molecule has 5 heteroatoms. The normalized spacial score (nSPS) is 17.6. The first-order valence-electron chi connectivity index (χ1n) is 4.07. The largest absolute Gasteiger partial charge is 0.346 e. The summed E-state index contributed by atoms with van der Waals surface area (Å²) < 4.78 is 23.8. The van der Waals surface area contributed by atoms with Crippen LogP contribution in [0.15, 0.2) is 16.6 Å². The first-order chi connectivity index (χ1) is 6.70. The van der Waals surface area contributed by atoms with Gasteiger partial charge in [0.15, 0.2) is 6.29 Å². The summed E-state index contributed by atoms with van der Waals surface area (Å²) in [7, 11) is 0. The van der Waals surface area contributed by atoms with Crippen LogP contribution in [0.25, 0.3) is 0 Å². The van der Waals surface area contributed by atoms with Crippen LogP contribution in [0.2, 0.25) is 5.02 Å². The SMILES string of the molecule is Fc1ccc(C2OCCO2)c(Cl)c1Br. The van der Waals surface area contributed by atoms with Gasteiger partial charge in [0, 0.05) is 5.56 Å². The molecule has 0 aliphatic carbocycles. The first-order valence-corrected chi connectivity index (χ1v) is 5.24. The number of hydrogen-bond donors (Lipinski definition) is 0. The van der Waals surface area contributed by atoms with Crippen molar-refractivity contribution >= 4 is 27.5 Å². The lowest BCUT2D eigenvalue weighted by Gasteiger charge is -2.12. The van der Waals surface area contributed by atoms with Crippen LogP contribution in [0.5, 0.6) is 0 Å². The third-order valence-electron chi connectivity index (χ3n) is 1.94. The molecule has 1 aliphatic heterocycles. The fourth-order valence-corrected chi connectivity index (χ4v) is 1.86. The van der Waals surface area contributed by atoms with Crippen molar-refractivity contribution in [2.24, 2.45) is 0 Å². The molecule has 14 heavy (non-hydrogen) atoms. The molecule has 0 aromatic heterocycles. The zero-order chi connectivity index (χ0) is 10.1. The molecule has 1 fully saturated rings. The Morgan fingerprint density at radius 3 is 2.64 bits per heavy atom. The fourth-order valence-electron chi connectivity index (χ4n) is 1.26. The third-order valence-corrected chi connectivity index (χ3v) is 3.35. The van der Waals surface area contributed by atoms with Gasteiger partial charge in [-0.25, -0.2) is 4.39 Å². The summed E-state index contributed by atoms with van der Waals surface area (Å²) in [6, 6.07) is 2.90. The maximum absolute atomic E-state index is 13.0. The summed E-state index contributed by atoms with van der Waals surface area (Å²) >= 11 is 8.99. The second-order valence-corrected chi connectivity index (χ2v) is 4.01. The Morgan fingerprint density at radius 1 is 1.36 bits per heavy atom. The summed E-state index contributed by atoms with van der Waals surface area (Å²) in [5.41, 5.74) is 0.650. The molecule has 1 aliphatic rings. The minimum atomic E-state index is -0.473. The van der Waals surface area contributed by atoms with Gasteiger partial charge in [-0.2, -0.15) is 0 Å². The molecule has 2 nitrogen and oxygen atoms in total. The molecule has 2 rings (SSSR count). The minimum Gasteiger partial charge on any atom is -0.346 e. The number of ether oxygens (including phenoxy) is 2. The van der Waals surface area contributed by atoms with Gasteiger partial charge in [-0.3, -0.25) is 0 Å². The highest BCUT2D eigenvalue weighted by molar-refractivity contribution is 9.10. The molecule has 0 spiro atoms. The summed E-state index contributed by atoms with van der Waals surface area (Å²) in [6.07, 6.45) is -0.473. The van der Waals surface area contributed by atoms with Crippen molar-refractivity contribution in [1.29, 1.82) is 0 Å². The standard InChI is InChI=1S/C9H7BrClFO2/c10-7-6(12)2-1-5(8(7)11)9-13-3-4-14-9/h1-2,9H,3-4H2. The second-order valence-electron chi connectivity index (χ2n) is 2.84. The highest BCUT2D eigenvalue weighted by Gasteiger charge is 2.22. The van der Waals surface area contributed by atoms with Gasteiger partial charge in [0.05, 0.1) is 22.7 Å². The molecule has 0 amide bonds. The quantitative estimate of drug-likeness (QED) is 0.736. The van der Waals surface area contributed by atoms with Crippen molar-refractivity contribution in [3.8, 4) is 0 Å². The molecule has 0 N–H and O–H groups in total. The number of halogens is 3. The Kier molecular flexibility index (Phi) is 3.07. The molecule has 0 bridgehead atoms. The number of benzene rings is 1. The van der Waals surface area contributed by atoms with Crippen LogP contribution in [-0.2, 0) is 9.47 Å². The monoisotopic (exact) mass is 280 g/mol. The van der Waals surface area contributed by atoms with Gasteiger partial charge in [-0.1, -0.05) is 11.6 Å². The average Bonchev–Trinajstić information content (AvgIpc) is 2.67. The minimum absolute atomic E-state index is 0.246. The zero-order valence-electron chi connectivity index (χ0n) is 7.10. The highest BCUT2D eigenvalue weighted by atomic mass is 79.9. The van der Waals surface area contributed by atoms with Crippen LogP contribution in [-0.4, -0.2) is 13.2 Å². The highest BCUT2D eigenvalue weighted by Crippen LogP contribution is 2.35. The van der Waals surface area contributed by atoms with Crippen molar-refractivity contribution in [1.82, 2.24) is 0 Å². The Hall–Kier alpha value is -0.160. The van der Waals surface area contributed by atoms with Crippen LogP contribution in [0, 0.1) is 5.82 Å². The second kappa shape index (κ2) is 4.14. The van der Waals surface area contributed by atoms with E-state index in [9.17, 15) is 4.39 Å². The van der Waals surface area contributed by atoms with Gasteiger partial charge < -0.3 is 9.47 Å². The Bertz CT molecular complexity index is 353. The van der Waals surface area contributed by atoms with Gasteiger partial charge in [0.2, 0.25) is 0 Å². The lowest BCUT2D eigenvalue weighted by atomic mass is 10.2. The Balaban J connectivity index is 2.38. The average molecular weight is 282 g/mol. The van der Waals surface area contributed by atoms with E-state index in [0.717, 1.165) is 0 Å². The summed E-state index contributed by atoms with van der Waals surface area (Å²) in [6.45, 7) is 1.08. The third kappa shape index (κ3) is 1.80. The molecule has 0 saturated carbocycles. The van der Waals surface area contributed by atoms with Gasteiger partial charge in [-0.15, -0.1) is 0 Å². The van der Waals surface area contributed by atoms with E-state index in [-0.39, 0.29) is 4.47 Å². The topological polar surface area (TPSA) is 18.5 Å². The van der Waals surface area contributed by atoms with Crippen molar-refractivity contribution in [2.75, 3.05) is 13.2 Å². The molecule has 1 aromatic rings. The summed E-state index contributed by atoms with van der Waals surface area (Å²) in [5.74, 6) is -0.392. The van der Waals surface area contributed by atoms with Crippen LogP contribution < -0.4 is 0 Å². The molecule has 1 aromatic carbocycles. The van der Waals surface area contributed by atoms with E-state index in [0.29, 0.717) is 23.8 Å². The van der Waals surface area contributed by atoms with E-state index in [1.807, 2.05) is 0 Å². The first kappa shape index (κ1) is 10.4.